The molecule has 8 nitrogen and oxygen atoms in total. The van der Waals surface area contributed by atoms with Crippen LogP contribution in [0, 0.1) is 11.6 Å². The van der Waals surface area contributed by atoms with Crippen LogP contribution in [0.4, 0.5) is 25.3 Å². The molecule has 148 valence electrons. The molecule has 0 spiro atoms. The third kappa shape index (κ3) is 3.94. The predicted octanol–water partition coefficient (Wildman–Crippen LogP) is 2.42. The number of anilines is 3. The van der Waals surface area contributed by atoms with E-state index in [-0.39, 0.29) is 21.3 Å². The number of nitrogen functional groups attached to an aromatic ring is 1. The molecule has 6 N–H and O–H groups in total. The number of nitrogens with two attached hydrogens (primary N) is 2. The van der Waals surface area contributed by atoms with Crippen LogP contribution in [0.25, 0.3) is 10.6 Å². The highest BCUT2D eigenvalue weighted by atomic mass is 32.1. The summed E-state index contributed by atoms with van der Waals surface area (Å²) in [6.07, 6.45) is 2.22. The first-order valence-corrected chi connectivity index (χ1v) is 9.22. The fourth-order valence-corrected chi connectivity index (χ4v) is 3.41. The first kappa shape index (κ1) is 19.7. The molecule has 0 aliphatic carbocycles. The molecule has 2 heterocycles. The maximum atomic E-state index is 14.0. The van der Waals surface area contributed by atoms with Gasteiger partial charge in [0.15, 0.2) is 5.69 Å². The summed E-state index contributed by atoms with van der Waals surface area (Å²) in [7, 11) is 1.72. The van der Waals surface area contributed by atoms with Crippen LogP contribution in [-0.4, -0.2) is 33.8 Å². The molecule has 0 saturated heterocycles. The second kappa shape index (κ2) is 8.31. The van der Waals surface area contributed by atoms with Crippen molar-refractivity contribution in [2.75, 3.05) is 29.5 Å². The topological polar surface area (TPSA) is 124 Å². The molecule has 11 heteroatoms. The standard InChI is InChI=1S/C17H19F2N7OS/c1-26-15(22-7-3-6-20)11(8-23-26)24-16(27)13-14(21)28-17(25-13)12-9(18)4-2-5-10(12)19/h2,4-5,8,22H,3,6-7,20-21H2,1H3,(H,24,27). The Balaban J connectivity index is 1.84. The van der Waals surface area contributed by atoms with E-state index in [2.05, 4.69) is 20.7 Å². The number of nitrogens with one attached hydrogen (secondary N) is 2. The lowest BCUT2D eigenvalue weighted by atomic mass is 10.2. The van der Waals surface area contributed by atoms with Crippen molar-refractivity contribution in [1.82, 2.24) is 14.8 Å². The van der Waals surface area contributed by atoms with Gasteiger partial charge in [0, 0.05) is 13.6 Å². The minimum Gasteiger partial charge on any atom is -0.389 e. The summed E-state index contributed by atoms with van der Waals surface area (Å²) in [4.78, 5) is 16.7. The third-order valence-corrected chi connectivity index (χ3v) is 4.81. The molecule has 3 aromatic rings. The molecular weight excluding hydrogens is 388 g/mol. The molecule has 0 unspecified atom stereocenters. The van der Waals surface area contributed by atoms with Crippen LogP contribution in [0.1, 0.15) is 16.9 Å². The summed E-state index contributed by atoms with van der Waals surface area (Å²) < 4.78 is 29.5. The molecule has 0 bridgehead atoms. The van der Waals surface area contributed by atoms with Crippen molar-refractivity contribution in [2.24, 2.45) is 12.8 Å². The van der Waals surface area contributed by atoms with Crippen molar-refractivity contribution >= 4 is 33.8 Å². The number of amides is 1. The van der Waals surface area contributed by atoms with Crippen LogP contribution in [0.2, 0.25) is 0 Å². The van der Waals surface area contributed by atoms with Crippen LogP contribution in [0.3, 0.4) is 0 Å². The number of benzene rings is 1. The molecule has 2 aromatic heterocycles. The number of rotatable bonds is 7. The molecule has 1 amide bonds. The van der Waals surface area contributed by atoms with Crippen LogP contribution < -0.4 is 22.1 Å². The van der Waals surface area contributed by atoms with E-state index in [9.17, 15) is 13.6 Å². The molecule has 0 saturated carbocycles. The summed E-state index contributed by atoms with van der Waals surface area (Å²) in [5.74, 6) is -1.57. The average molecular weight is 407 g/mol. The summed E-state index contributed by atoms with van der Waals surface area (Å²) in [6.45, 7) is 1.13. The molecule has 1 aromatic carbocycles. The van der Waals surface area contributed by atoms with Gasteiger partial charge in [-0.05, 0) is 25.1 Å². The Labute approximate surface area is 163 Å². The number of aryl methyl sites for hydroxylation is 1. The quantitative estimate of drug-likeness (QED) is 0.446. The Morgan fingerprint density at radius 3 is 2.71 bits per heavy atom. The van der Waals surface area contributed by atoms with Gasteiger partial charge in [0.1, 0.15) is 33.1 Å². The zero-order chi connectivity index (χ0) is 20.3. The second-order valence-corrected chi connectivity index (χ2v) is 6.91. The van der Waals surface area contributed by atoms with Crippen molar-refractivity contribution in [1.29, 1.82) is 0 Å². The minimum absolute atomic E-state index is 0.00858. The van der Waals surface area contributed by atoms with Gasteiger partial charge in [-0.3, -0.25) is 9.48 Å². The van der Waals surface area contributed by atoms with E-state index < -0.39 is 17.5 Å². The molecule has 3 rings (SSSR count). The van der Waals surface area contributed by atoms with E-state index in [0.717, 1.165) is 29.9 Å². The lowest BCUT2D eigenvalue weighted by molar-refractivity contribution is 0.102. The van der Waals surface area contributed by atoms with Crippen LogP contribution in [-0.2, 0) is 7.05 Å². The number of hydrogen-bond acceptors (Lipinski definition) is 7. The van der Waals surface area contributed by atoms with Crippen molar-refractivity contribution < 1.29 is 13.6 Å². The summed E-state index contributed by atoms with van der Waals surface area (Å²) in [5.41, 5.74) is 11.4. The molecule has 0 fully saturated rings. The zero-order valence-corrected chi connectivity index (χ0v) is 15.8. The van der Waals surface area contributed by atoms with Gasteiger partial charge in [-0.1, -0.05) is 17.4 Å². The summed E-state index contributed by atoms with van der Waals surface area (Å²) in [5, 5.41) is 9.95. The Morgan fingerprint density at radius 1 is 1.32 bits per heavy atom. The highest BCUT2D eigenvalue weighted by Crippen LogP contribution is 2.34. The number of thiazole rings is 1. The normalized spacial score (nSPS) is 10.9. The molecule has 28 heavy (non-hydrogen) atoms. The van der Waals surface area contributed by atoms with Gasteiger partial charge in [-0.2, -0.15) is 5.10 Å². The van der Waals surface area contributed by atoms with Gasteiger partial charge in [0.2, 0.25) is 0 Å². The van der Waals surface area contributed by atoms with Gasteiger partial charge in [0.25, 0.3) is 5.91 Å². The maximum Gasteiger partial charge on any atom is 0.277 e. The molecule has 0 aliphatic rings. The smallest absolute Gasteiger partial charge is 0.277 e. The van der Waals surface area contributed by atoms with Crippen molar-refractivity contribution in [3.63, 3.8) is 0 Å². The lowest BCUT2D eigenvalue weighted by Crippen LogP contribution is -2.16. The van der Waals surface area contributed by atoms with Crippen molar-refractivity contribution in [3.8, 4) is 10.6 Å². The highest BCUT2D eigenvalue weighted by molar-refractivity contribution is 7.19. The van der Waals surface area contributed by atoms with Crippen LogP contribution in [0.5, 0.6) is 0 Å². The number of carbonyl (C=O) groups is 1. The number of aromatic nitrogens is 3. The predicted molar refractivity (Wildman–Crippen MR) is 105 cm³/mol. The highest BCUT2D eigenvalue weighted by Gasteiger charge is 2.22. The molecular formula is C17H19F2N7OS. The monoisotopic (exact) mass is 407 g/mol. The molecule has 0 aliphatic heterocycles. The lowest BCUT2D eigenvalue weighted by Gasteiger charge is -2.09. The van der Waals surface area contributed by atoms with E-state index in [1.54, 1.807) is 11.7 Å². The molecule has 0 atom stereocenters. The first-order valence-electron chi connectivity index (χ1n) is 8.40. The van der Waals surface area contributed by atoms with Gasteiger partial charge in [0.05, 0.1) is 11.8 Å². The second-order valence-electron chi connectivity index (χ2n) is 5.88. The van der Waals surface area contributed by atoms with Crippen molar-refractivity contribution in [2.45, 2.75) is 6.42 Å². The SMILES string of the molecule is Cn1ncc(NC(=O)c2nc(-c3c(F)cccc3F)sc2N)c1NCCCN. The Hall–Kier alpha value is -3.05. The number of hydrogen-bond donors (Lipinski definition) is 4. The third-order valence-electron chi connectivity index (χ3n) is 3.91. The summed E-state index contributed by atoms with van der Waals surface area (Å²) >= 11 is 0.836. The van der Waals surface area contributed by atoms with Crippen LogP contribution in [0.15, 0.2) is 24.4 Å². The van der Waals surface area contributed by atoms with E-state index in [1.165, 1.54) is 12.3 Å². The van der Waals surface area contributed by atoms with E-state index in [1.807, 2.05) is 0 Å². The average Bonchev–Trinajstić information content (AvgIpc) is 3.19. The van der Waals surface area contributed by atoms with Crippen LogP contribution >= 0.6 is 11.3 Å². The van der Waals surface area contributed by atoms with E-state index >= 15 is 0 Å². The van der Waals surface area contributed by atoms with Gasteiger partial charge in [-0.15, -0.1) is 0 Å². The van der Waals surface area contributed by atoms with Gasteiger partial charge < -0.3 is 22.1 Å². The minimum atomic E-state index is -0.778. The Bertz CT molecular complexity index is 981. The number of nitrogens with zero attached hydrogens (tertiary/aromatic N) is 3. The van der Waals surface area contributed by atoms with E-state index in [0.29, 0.717) is 24.6 Å². The first-order chi connectivity index (χ1) is 13.4. The Morgan fingerprint density at radius 2 is 2.04 bits per heavy atom. The van der Waals surface area contributed by atoms with E-state index in [4.69, 9.17) is 11.5 Å². The zero-order valence-electron chi connectivity index (χ0n) is 15.0. The maximum absolute atomic E-state index is 14.0. The summed E-state index contributed by atoms with van der Waals surface area (Å²) in [6, 6.07) is 3.48. The number of halogens is 2. The fraction of sp³-hybridized carbons (Fsp3) is 0.235. The van der Waals surface area contributed by atoms with Gasteiger partial charge >= 0.3 is 0 Å². The Kier molecular flexibility index (Phi) is 5.85. The number of carbonyl (C=O) groups excluding carboxylic acids is 1. The fourth-order valence-electron chi connectivity index (χ4n) is 2.53. The van der Waals surface area contributed by atoms with Gasteiger partial charge in [-0.25, -0.2) is 13.8 Å². The largest absolute Gasteiger partial charge is 0.389 e. The molecule has 0 radical (unpaired) electrons. The van der Waals surface area contributed by atoms with Crippen molar-refractivity contribution in [3.05, 3.63) is 41.7 Å².